The number of nitrogens with two attached hydrogens (primary N) is 1. The molecule has 78 valence electrons. The van der Waals surface area contributed by atoms with Crippen molar-refractivity contribution in [3.63, 3.8) is 0 Å². The van der Waals surface area contributed by atoms with Crippen LogP contribution in [0.4, 0.5) is 0 Å². The van der Waals surface area contributed by atoms with Crippen molar-refractivity contribution in [2.24, 2.45) is 5.84 Å². The average molecular weight is 187 g/mol. The predicted octanol–water partition coefficient (Wildman–Crippen LogP) is -0.0973. The number of hydrazine groups is 1. The Morgan fingerprint density at radius 2 is 1.85 bits per heavy atom. The summed E-state index contributed by atoms with van der Waals surface area (Å²) < 4.78 is 5.48. The Morgan fingerprint density at radius 3 is 2.38 bits per heavy atom. The van der Waals surface area contributed by atoms with Crippen molar-refractivity contribution in [2.75, 3.05) is 39.3 Å². The van der Waals surface area contributed by atoms with Crippen LogP contribution in [0.5, 0.6) is 0 Å². The van der Waals surface area contributed by atoms with Gasteiger partial charge in [0, 0.05) is 32.7 Å². The van der Waals surface area contributed by atoms with E-state index in [1.54, 1.807) is 0 Å². The number of hydrogen-bond acceptors (Lipinski definition) is 4. The number of hydrogen-bond donors (Lipinski definition) is 1. The van der Waals surface area contributed by atoms with Gasteiger partial charge in [0.1, 0.15) is 0 Å². The minimum atomic E-state index is 0.343. The summed E-state index contributed by atoms with van der Waals surface area (Å²) in [4.78, 5) is 2.39. The first kappa shape index (κ1) is 10.9. The van der Waals surface area contributed by atoms with E-state index in [9.17, 15) is 0 Å². The Hall–Kier alpha value is -0.160. The minimum absolute atomic E-state index is 0.343. The Labute approximate surface area is 80.6 Å². The molecule has 0 radical (unpaired) electrons. The molecule has 1 aliphatic heterocycles. The Balaban J connectivity index is 2.02. The lowest BCUT2D eigenvalue weighted by Gasteiger charge is -2.31. The van der Waals surface area contributed by atoms with Crippen molar-refractivity contribution in [2.45, 2.75) is 20.0 Å². The van der Waals surface area contributed by atoms with E-state index in [0.29, 0.717) is 6.10 Å². The lowest BCUT2D eigenvalue weighted by Crippen LogP contribution is -2.50. The number of ether oxygens (including phenoxy) is 1. The second-order valence-electron chi connectivity index (χ2n) is 3.80. The maximum Gasteiger partial charge on any atom is 0.0596 e. The van der Waals surface area contributed by atoms with Gasteiger partial charge in [0.15, 0.2) is 0 Å². The lowest BCUT2D eigenvalue weighted by molar-refractivity contribution is 0.0448. The molecular formula is C9H21N3O. The first-order chi connectivity index (χ1) is 6.18. The molecule has 0 aromatic rings. The third kappa shape index (κ3) is 4.57. The molecule has 0 spiro atoms. The van der Waals surface area contributed by atoms with Crippen LogP contribution in [0.2, 0.25) is 0 Å². The van der Waals surface area contributed by atoms with Crippen LogP contribution in [0.15, 0.2) is 0 Å². The van der Waals surface area contributed by atoms with Crippen LogP contribution in [-0.2, 0) is 4.74 Å². The maximum atomic E-state index is 5.65. The van der Waals surface area contributed by atoms with Gasteiger partial charge in [0.25, 0.3) is 0 Å². The van der Waals surface area contributed by atoms with E-state index in [-0.39, 0.29) is 0 Å². The predicted molar refractivity (Wildman–Crippen MR) is 53.3 cm³/mol. The summed E-state index contributed by atoms with van der Waals surface area (Å²) in [6, 6.07) is 0. The van der Waals surface area contributed by atoms with Gasteiger partial charge >= 0.3 is 0 Å². The van der Waals surface area contributed by atoms with Crippen molar-refractivity contribution in [1.82, 2.24) is 9.91 Å². The van der Waals surface area contributed by atoms with Gasteiger partial charge in [-0.1, -0.05) is 0 Å². The lowest BCUT2D eigenvalue weighted by atomic mass is 10.3. The van der Waals surface area contributed by atoms with Crippen LogP contribution in [0, 0.1) is 0 Å². The molecular weight excluding hydrogens is 166 g/mol. The van der Waals surface area contributed by atoms with Crippen LogP contribution in [0.25, 0.3) is 0 Å². The zero-order valence-electron chi connectivity index (χ0n) is 8.70. The highest BCUT2D eigenvalue weighted by Gasteiger charge is 2.13. The zero-order chi connectivity index (χ0) is 9.68. The molecule has 4 nitrogen and oxygen atoms in total. The van der Waals surface area contributed by atoms with E-state index in [0.717, 1.165) is 39.3 Å². The molecule has 2 N–H and O–H groups in total. The summed E-state index contributed by atoms with van der Waals surface area (Å²) >= 11 is 0. The fourth-order valence-corrected chi connectivity index (χ4v) is 1.40. The van der Waals surface area contributed by atoms with Gasteiger partial charge in [-0.3, -0.25) is 10.7 Å². The van der Waals surface area contributed by atoms with Gasteiger partial charge in [0.2, 0.25) is 0 Å². The van der Waals surface area contributed by atoms with E-state index in [1.807, 2.05) is 5.01 Å². The van der Waals surface area contributed by atoms with Crippen molar-refractivity contribution < 1.29 is 4.74 Å². The van der Waals surface area contributed by atoms with Crippen LogP contribution in [0.1, 0.15) is 13.8 Å². The molecule has 0 atom stereocenters. The summed E-state index contributed by atoms with van der Waals surface area (Å²) in [6.45, 7) is 10.1. The van der Waals surface area contributed by atoms with E-state index in [2.05, 4.69) is 18.7 Å². The number of piperazine rings is 1. The molecule has 1 rings (SSSR count). The molecule has 0 aromatic heterocycles. The van der Waals surface area contributed by atoms with Gasteiger partial charge in [-0.25, -0.2) is 5.01 Å². The molecule has 0 unspecified atom stereocenters. The highest BCUT2D eigenvalue weighted by molar-refractivity contribution is 4.67. The molecule has 0 bridgehead atoms. The summed E-state index contributed by atoms with van der Waals surface area (Å²) in [5, 5.41) is 1.87. The van der Waals surface area contributed by atoms with Crippen molar-refractivity contribution in [3.05, 3.63) is 0 Å². The Morgan fingerprint density at radius 1 is 1.23 bits per heavy atom. The zero-order valence-corrected chi connectivity index (χ0v) is 8.70. The van der Waals surface area contributed by atoms with E-state index in [1.165, 1.54) is 0 Å². The SMILES string of the molecule is CC(C)OCCN1CCN(N)CC1. The topological polar surface area (TPSA) is 41.7 Å². The molecule has 0 amide bonds. The van der Waals surface area contributed by atoms with Gasteiger partial charge in [-0.15, -0.1) is 0 Å². The quantitative estimate of drug-likeness (QED) is 0.624. The highest BCUT2D eigenvalue weighted by atomic mass is 16.5. The number of rotatable bonds is 4. The normalized spacial score (nSPS) is 21.2. The van der Waals surface area contributed by atoms with E-state index >= 15 is 0 Å². The van der Waals surface area contributed by atoms with Crippen molar-refractivity contribution in [3.8, 4) is 0 Å². The molecule has 1 saturated heterocycles. The summed E-state index contributed by atoms with van der Waals surface area (Å²) in [5.74, 6) is 5.65. The van der Waals surface area contributed by atoms with E-state index < -0.39 is 0 Å². The second-order valence-corrected chi connectivity index (χ2v) is 3.80. The minimum Gasteiger partial charge on any atom is -0.377 e. The van der Waals surface area contributed by atoms with Gasteiger partial charge in [-0.05, 0) is 13.8 Å². The third-order valence-electron chi connectivity index (χ3n) is 2.27. The van der Waals surface area contributed by atoms with Crippen molar-refractivity contribution in [1.29, 1.82) is 0 Å². The van der Waals surface area contributed by atoms with Gasteiger partial charge < -0.3 is 4.74 Å². The summed E-state index contributed by atoms with van der Waals surface area (Å²) in [7, 11) is 0. The second kappa shape index (κ2) is 5.54. The largest absolute Gasteiger partial charge is 0.377 e. The maximum absolute atomic E-state index is 5.65. The van der Waals surface area contributed by atoms with Gasteiger partial charge in [-0.2, -0.15) is 0 Å². The molecule has 0 saturated carbocycles. The van der Waals surface area contributed by atoms with Crippen LogP contribution in [-0.4, -0.2) is 55.3 Å². The summed E-state index contributed by atoms with van der Waals surface area (Å²) in [5.41, 5.74) is 0. The molecule has 0 aromatic carbocycles. The molecule has 1 heterocycles. The highest BCUT2D eigenvalue weighted by Crippen LogP contribution is 1.97. The third-order valence-corrected chi connectivity index (χ3v) is 2.27. The standard InChI is InChI=1S/C9H21N3O/c1-9(2)13-8-7-11-3-5-12(10)6-4-11/h9H,3-8,10H2,1-2H3. The van der Waals surface area contributed by atoms with Crippen LogP contribution < -0.4 is 5.84 Å². The summed E-state index contributed by atoms with van der Waals surface area (Å²) in [6.07, 6.45) is 0.343. The van der Waals surface area contributed by atoms with E-state index in [4.69, 9.17) is 10.6 Å². The number of nitrogens with zero attached hydrogens (tertiary/aromatic N) is 2. The Bertz CT molecular complexity index is 133. The average Bonchev–Trinajstić information content (AvgIpc) is 2.08. The fourth-order valence-electron chi connectivity index (χ4n) is 1.40. The molecule has 13 heavy (non-hydrogen) atoms. The Kier molecular flexibility index (Phi) is 4.66. The first-order valence-corrected chi connectivity index (χ1v) is 5.02. The molecule has 4 heteroatoms. The smallest absolute Gasteiger partial charge is 0.0596 e. The molecule has 1 fully saturated rings. The van der Waals surface area contributed by atoms with Gasteiger partial charge in [0.05, 0.1) is 12.7 Å². The van der Waals surface area contributed by atoms with Crippen LogP contribution >= 0.6 is 0 Å². The van der Waals surface area contributed by atoms with Crippen LogP contribution in [0.3, 0.4) is 0 Å². The fraction of sp³-hybridized carbons (Fsp3) is 1.00. The first-order valence-electron chi connectivity index (χ1n) is 5.02. The van der Waals surface area contributed by atoms with Crippen molar-refractivity contribution >= 4 is 0 Å². The molecule has 0 aliphatic carbocycles. The monoisotopic (exact) mass is 187 g/mol. The molecule has 1 aliphatic rings.